The number of aromatic nitrogens is 1. The van der Waals surface area contributed by atoms with Crippen LogP contribution in [-0.4, -0.2) is 20.6 Å². The van der Waals surface area contributed by atoms with E-state index in [9.17, 15) is 25.3 Å². The number of benzene rings is 2. The summed E-state index contributed by atoms with van der Waals surface area (Å²) in [6.07, 6.45) is 0. The lowest BCUT2D eigenvalue weighted by molar-refractivity contribution is -0.384. The summed E-state index contributed by atoms with van der Waals surface area (Å²) >= 11 is 0. The molecule has 1 aromatic heterocycles. The first-order chi connectivity index (χ1) is 12.8. The van der Waals surface area contributed by atoms with Crippen molar-refractivity contribution in [3.63, 3.8) is 0 Å². The molecule has 0 aliphatic carbocycles. The van der Waals surface area contributed by atoms with Crippen molar-refractivity contribution >= 4 is 11.7 Å². The fourth-order valence-corrected chi connectivity index (χ4v) is 3.10. The summed E-state index contributed by atoms with van der Waals surface area (Å²) < 4.78 is 1.49. The second kappa shape index (κ2) is 6.77. The molecule has 0 saturated carbocycles. The van der Waals surface area contributed by atoms with Crippen molar-refractivity contribution in [1.82, 2.24) is 4.57 Å². The molecule has 1 heterocycles. The van der Waals surface area contributed by atoms with E-state index in [1.807, 2.05) is 0 Å². The van der Waals surface area contributed by atoms with E-state index in [0.717, 1.165) is 5.56 Å². The molecule has 0 aliphatic rings. The Kier molecular flexibility index (Phi) is 4.48. The molecule has 7 heteroatoms. The number of carbonyl (C=O) groups is 1. The third kappa shape index (κ3) is 3.04. The van der Waals surface area contributed by atoms with Gasteiger partial charge in [-0.25, -0.2) is 4.79 Å². The molecular formula is C20H15N3O4. The Hall–Kier alpha value is -3.92. The molecule has 3 aromatic rings. The number of nitro groups is 1. The highest BCUT2D eigenvalue weighted by molar-refractivity contribution is 5.97. The standard InChI is InChI=1S/C20H15N3O4/c1-12-17(11-21)18(19(20(24)25)22(12)2)14-8-6-13(7-9-14)15-4-3-5-16(10-15)23(26)27/h3-10H,1-2H3,(H,24,25). The maximum absolute atomic E-state index is 11.7. The van der Waals surface area contributed by atoms with Crippen molar-refractivity contribution in [3.05, 3.63) is 75.6 Å². The van der Waals surface area contributed by atoms with E-state index < -0.39 is 10.9 Å². The largest absolute Gasteiger partial charge is 0.477 e. The van der Waals surface area contributed by atoms with Gasteiger partial charge >= 0.3 is 5.97 Å². The Morgan fingerprint density at radius 1 is 1.15 bits per heavy atom. The smallest absolute Gasteiger partial charge is 0.353 e. The number of nitrogens with zero attached hydrogens (tertiary/aromatic N) is 3. The molecule has 0 bridgehead atoms. The Bertz CT molecular complexity index is 1110. The summed E-state index contributed by atoms with van der Waals surface area (Å²) in [5.74, 6) is -1.11. The first-order valence-corrected chi connectivity index (χ1v) is 8.03. The molecule has 0 aliphatic heterocycles. The van der Waals surface area contributed by atoms with E-state index >= 15 is 0 Å². The Morgan fingerprint density at radius 3 is 2.33 bits per heavy atom. The van der Waals surface area contributed by atoms with Gasteiger partial charge in [-0.3, -0.25) is 10.1 Å². The normalized spacial score (nSPS) is 10.4. The van der Waals surface area contributed by atoms with Crippen LogP contribution in [0.4, 0.5) is 5.69 Å². The van der Waals surface area contributed by atoms with Gasteiger partial charge in [0.2, 0.25) is 0 Å². The van der Waals surface area contributed by atoms with Gasteiger partial charge in [0.15, 0.2) is 0 Å². The lowest BCUT2D eigenvalue weighted by atomic mass is 9.97. The predicted octanol–water partition coefficient (Wildman–Crippen LogP) is 4.15. The zero-order valence-corrected chi connectivity index (χ0v) is 14.6. The number of rotatable bonds is 4. The van der Waals surface area contributed by atoms with Crippen LogP contribution < -0.4 is 0 Å². The van der Waals surface area contributed by atoms with Crippen molar-refractivity contribution in [2.45, 2.75) is 6.92 Å². The maximum Gasteiger partial charge on any atom is 0.353 e. The first kappa shape index (κ1) is 17.9. The summed E-state index contributed by atoms with van der Waals surface area (Å²) in [4.78, 5) is 22.2. The predicted molar refractivity (Wildman–Crippen MR) is 99.4 cm³/mol. The molecule has 1 N–H and O–H groups in total. The van der Waals surface area contributed by atoms with Gasteiger partial charge in [0.25, 0.3) is 5.69 Å². The highest BCUT2D eigenvalue weighted by Gasteiger charge is 2.24. The van der Waals surface area contributed by atoms with E-state index in [-0.39, 0.29) is 11.4 Å². The Labute approximate surface area is 154 Å². The van der Waals surface area contributed by atoms with Gasteiger partial charge in [-0.05, 0) is 23.6 Å². The molecule has 2 aromatic carbocycles. The monoisotopic (exact) mass is 361 g/mol. The minimum atomic E-state index is -1.11. The lowest BCUT2D eigenvalue weighted by Crippen LogP contribution is -2.06. The minimum Gasteiger partial charge on any atom is -0.477 e. The molecule has 0 saturated heterocycles. The highest BCUT2D eigenvalue weighted by Crippen LogP contribution is 2.33. The van der Waals surface area contributed by atoms with Crippen molar-refractivity contribution in [1.29, 1.82) is 5.26 Å². The second-order valence-electron chi connectivity index (χ2n) is 6.04. The van der Waals surface area contributed by atoms with Gasteiger partial charge in [0, 0.05) is 30.4 Å². The average molecular weight is 361 g/mol. The van der Waals surface area contributed by atoms with E-state index in [1.165, 1.54) is 16.7 Å². The first-order valence-electron chi connectivity index (χ1n) is 8.03. The van der Waals surface area contributed by atoms with Crippen LogP contribution in [0.1, 0.15) is 21.7 Å². The number of aromatic carboxylic acids is 1. The number of nitro benzene ring substituents is 1. The van der Waals surface area contributed by atoms with Gasteiger partial charge < -0.3 is 9.67 Å². The van der Waals surface area contributed by atoms with Crippen LogP contribution in [0.2, 0.25) is 0 Å². The molecule has 0 amide bonds. The van der Waals surface area contributed by atoms with Gasteiger partial charge in [-0.1, -0.05) is 36.4 Å². The van der Waals surface area contributed by atoms with Crippen LogP contribution in [-0.2, 0) is 7.05 Å². The van der Waals surface area contributed by atoms with Crippen LogP contribution in [0.3, 0.4) is 0 Å². The van der Waals surface area contributed by atoms with Crippen molar-refractivity contribution in [3.8, 4) is 28.3 Å². The SMILES string of the molecule is Cc1c(C#N)c(-c2ccc(-c3cccc([N+](=O)[O-])c3)cc2)c(C(=O)O)n1C. The molecule has 27 heavy (non-hydrogen) atoms. The summed E-state index contributed by atoms with van der Waals surface area (Å²) in [6.45, 7) is 1.70. The molecule has 0 spiro atoms. The number of carboxylic acid groups (broad SMARTS) is 1. The van der Waals surface area contributed by atoms with Crippen LogP contribution >= 0.6 is 0 Å². The third-order valence-electron chi connectivity index (χ3n) is 4.57. The zero-order chi connectivity index (χ0) is 19.7. The van der Waals surface area contributed by atoms with Crippen molar-refractivity contribution in [2.24, 2.45) is 7.05 Å². The quantitative estimate of drug-likeness (QED) is 0.554. The topological polar surface area (TPSA) is 109 Å². The van der Waals surface area contributed by atoms with Crippen LogP contribution in [0.25, 0.3) is 22.3 Å². The van der Waals surface area contributed by atoms with Gasteiger partial charge in [0.05, 0.1) is 10.5 Å². The van der Waals surface area contributed by atoms with Gasteiger partial charge in [-0.15, -0.1) is 0 Å². The highest BCUT2D eigenvalue weighted by atomic mass is 16.6. The summed E-state index contributed by atoms with van der Waals surface area (Å²) in [6, 6.07) is 15.3. The molecule has 134 valence electrons. The van der Waals surface area contributed by atoms with E-state index in [4.69, 9.17) is 0 Å². The zero-order valence-electron chi connectivity index (χ0n) is 14.6. The number of hydrogen-bond acceptors (Lipinski definition) is 4. The van der Waals surface area contributed by atoms with Crippen molar-refractivity contribution in [2.75, 3.05) is 0 Å². The Balaban J connectivity index is 2.11. The average Bonchev–Trinajstić information content (AvgIpc) is 2.92. The minimum absolute atomic E-state index is 0.00445. The molecule has 7 nitrogen and oxygen atoms in total. The summed E-state index contributed by atoms with van der Waals surface area (Å²) in [5, 5.41) is 30.0. The van der Waals surface area contributed by atoms with Crippen LogP contribution in [0.15, 0.2) is 48.5 Å². The molecule has 0 unspecified atom stereocenters. The lowest BCUT2D eigenvalue weighted by Gasteiger charge is -2.06. The number of hydrogen-bond donors (Lipinski definition) is 1. The van der Waals surface area contributed by atoms with Gasteiger partial charge in [0.1, 0.15) is 11.8 Å². The van der Waals surface area contributed by atoms with Crippen molar-refractivity contribution < 1.29 is 14.8 Å². The van der Waals surface area contributed by atoms with Crippen LogP contribution in [0.5, 0.6) is 0 Å². The summed E-state index contributed by atoms with van der Waals surface area (Å²) in [7, 11) is 1.61. The third-order valence-corrected chi connectivity index (χ3v) is 4.57. The number of carboxylic acids is 1. The number of non-ortho nitro benzene ring substituents is 1. The fourth-order valence-electron chi connectivity index (χ4n) is 3.10. The van der Waals surface area contributed by atoms with E-state index in [1.54, 1.807) is 50.4 Å². The Morgan fingerprint density at radius 2 is 1.78 bits per heavy atom. The summed E-state index contributed by atoms with van der Waals surface area (Å²) in [5.41, 5.74) is 3.34. The second-order valence-corrected chi connectivity index (χ2v) is 6.04. The molecular weight excluding hydrogens is 346 g/mol. The number of nitriles is 1. The fraction of sp³-hybridized carbons (Fsp3) is 0.100. The molecule has 0 atom stereocenters. The van der Waals surface area contributed by atoms with Crippen LogP contribution in [0, 0.1) is 28.4 Å². The van der Waals surface area contributed by atoms with E-state index in [2.05, 4.69) is 6.07 Å². The maximum atomic E-state index is 11.7. The molecule has 0 fully saturated rings. The van der Waals surface area contributed by atoms with E-state index in [0.29, 0.717) is 27.9 Å². The molecule has 3 rings (SSSR count). The molecule has 0 radical (unpaired) electrons. The van der Waals surface area contributed by atoms with Gasteiger partial charge in [-0.2, -0.15) is 5.26 Å².